The van der Waals surface area contributed by atoms with Gasteiger partial charge in [0.1, 0.15) is 0 Å². The first-order valence-corrected chi connectivity index (χ1v) is 3.88. The van der Waals surface area contributed by atoms with Gasteiger partial charge in [-0.3, -0.25) is 0 Å². The summed E-state index contributed by atoms with van der Waals surface area (Å²) in [5.74, 6) is 0. The molecule has 1 heteroatoms. The Labute approximate surface area is 62.8 Å². The molecule has 0 aliphatic heterocycles. The fraction of sp³-hybridized carbons (Fsp3) is 0.778. The largest absolute Gasteiger partial charge is 0.389 e. The van der Waals surface area contributed by atoms with Crippen molar-refractivity contribution in [1.82, 2.24) is 0 Å². The average Bonchev–Trinajstić information content (AvgIpc) is 2.05. The topological polar surface area (TPSA) is 20.2 Å². The van der Waals surface area contributed by atoms with E-state index in [-0.39, 0.29) is 6.10 Å². The number of aliphatic hydroxyl groups is 1. The van der Waals surface area contributed by atoms with Gasteiger partial charge in [-0.2, -0.15) is 0 Å². The Hall–Kier alpha value is -0.300. The first-order chi connectivity index (χ1) is 4.55. The molecule has 0 heterocycles. The summed E-state index contributed by atoms with van der Waals surface area (Å²) >= 11 is 0. The van der Waals surface area contributed by atoms with E-state index in [1.165, 1.54) is 5.57 Å². The van der Waals surface area contributed by atoms with Crippen LogP contribution < -0.4 is 0 Å². The molecule has 1 N–H and O–H groups in total. The highest BCUT2D eigenvalue weighted by Crippen LogP contribution is 2.40. The molecule has 58 valence electrons. The highest BCUT2D eigenvalue weighted by atomic mass is 16.3. The maximum atomic E-state index is 9.46. The predicted octanol–water partition coefficient (Wildman–Crippen LogP) is 2.11. The Morgan fingerprint density at radius 2 is 2.20 bits per heavy atom. The van der Waals surface area contributed by atoms with Gasteiger partial charge in [0, 0.05) is 0 Å². The molecule has 1 saturated carbocycles. The van der Waals surface area contributed by atoms with Crippen molar-refractivity contribution in [3.8, 4) is 0 Å². The Bertz CT molecular complexity index is 156. The van der Waals surface area contributed by atoms with Crippen molar-refractivity contribution in [2.45, 2.75) is 39.7 Å². The van der Waals surface area contributed by atoms with E-state index in [2.05, 4.69) is 13.8 Å². The third kappa shape index (κ3) is 1.40. The van der Waals surface area contributed by atoms with Crippen molar-refractivity contribution >= 4 is 0 Å². The van der Waals surface area contributed by atoms with Gasteiger partial charge in [0.15, 0.2) is 0 Å². The Kier molecular flexibility index (Phi) is 1.86. The van der Waals surface area contributed by atoms with E-state index in [0.29, 0.717) is 5.41 Å². The molecule has 1 nitrogen and oxygen atoms in total. The van der Waals surface area contributed by atoms with Gasteiger partial charge in [0.05, 0.1) is 6.10 Å². The number of hydrogen-bond acceptors (Lipinski definition) is 1. The maximum Gasteiger partial charge on any atom is 0.0755 e. The number of hydrogen-bond donors (Lipinski definition) is 1. The van der Waals surface area contributed by atoms with E-state index in [1.807, 2.05) is 13.0 Å². The Morgan fingerprint density at radius 3 is 2.40 bits per heavy atom. The van der Waals surface area contributed by atoms with Crippen LogP contribution in [0.4, 0.5) is 0 Å². The van der Waals surface area contributed by atoms with Crippen molar-refractivity contribution in [2.24, 2.45) is 5.41 Å². The van der Waals surface area contributed by atoms with Gasteiger partial charge in [0.2, 0.25) is 0 Å². The molecule has 0 spiro atoms. The first-order valence-electron chi connectivity index (χ1n) is 3.88. The van der Waals surface area contributed by atoms with Gasteiger partial charge in [-0.15, -0.1) is 0 Å². The molecular formula is C9H16O. The molecule has 1 atom stereocenters. The summed E-state index contributed by atoms with van der Waals surface area (Å²) in [6.45, 7) is 6.40. The van der Waals surface area contributed by atoms with Crippen molar-refractivity contribution in [3.05, 3.63) is 11.6 Å². The van der Waals surface area contributed by atoms with Crippen LogP contribution in [0.2, 0.25) is 0 Å². The molecule has 0 bridgehead atoms. The molecule has 1 fully saturated rings. The van der Waals surface area contributed by atoms with Crippen LogP contribution in [0.1, 0.15) is 33.6 Å². The maximum absolute atomic E-state index is 9.46. The summed E-state index contributed by atoms with van der Waals surface area (Å²) in [5, 5.41) is 9.46. The van der Waals surface area contributed by atoms with Gasteiger partial charge < -0.3 is 5.11 Å². The van der Waals surface area contributed by atoms with E-state index in [0.717, 1.165) is 12.8 Å². The highest BCUT2D eigenvalue weighted by molar-refractivity contribution is 5.15. The molecule has 0 amide bonds. The zero-order valence-electron chi connectivity index (χ0n) is 7.02. The lowest BCUT2D eigenvalue weighted by Crippen LogP contribution is -2.07. The van der Waals surface area contributed by atoms with E-state index in [4.69, 9.17) is 0 Å². The van der Waals surface area contributed by atoms with Crippen LogP contribution in [0.3, 0.4) is 0 Å². The van der Waals surface area contributed by atoms with Gasteiger partial charge in [-0.1, -0.05) is 19.9 Å². The summed E-state index contributed by atoms with van der Waals surface area (Å²) in [4.78, 5) is 0. The van der Waals surface area contributed by atoms with Crippen LogP contribution in [-0.2, 0) is 0 Å². The minimum atomic E-state index is -0.167. The smallest absolute Gasteiger partial charge is 0.0755 e. The second-order valence-electron chi connectivity index (χ2n) is 3.92. The fourth-order valence-corrected chi connectivity index (χ4v) is 1.69. The highest BCUT2D eigenvalue weighted by Gasteiger charge is 2.32. The van der Waals surface area contributed by atoms with Gasteiger partial charge >= 0.3 is 0 Å². The monoisotopic (exact) mass is 140 g/mol. The molecular weight excluding hydrogens is 124 g/mol. The zero-order valence-corrected chi connectivity index (χ0v) is 7.02. The summed E-state index contributed by atoms with van der Waals surface area (Å²) in [7, 11) is 0. The first kappa shape index (κ1) is 7.80. The molecule has 0 radical (unpaired) electrons. The minimum absolute atomic E-state index is 0.167. The van der Waals surface area contributed by atoms with Crippen LogP contribution in [0.5, 0.6) is 0 Å². The van der Waals surface area contributed by atoms with E-state index < -0.39 is 0 Å². The molecule has 0 aromatic rings. The van der Waals surface area contributed by atoms with E-state index in [1.54, 1.807) is 0 Å². The Morgan fingerprint density at radius 1 is 1.60 bits per heavy atom. The van der Waals surface area contributed by atoms with Crippen molar-refractivity contribution in [2.75, 3.05) is 0 Å². The summed E-state index contributed by atoms with van der Waals surface area (Å²) in [6.07, 6.45) is 3.86. The lowest BCUT2D eigenvalue weighted by Gasteiger charge is -2.14. The van der Waals surface area contributed by atoms with E-state index >= 15 is 0 Å². The van der Waals surface area contributed by atoms with Gasteiger partial charge in [-0.25, -0.2) is 0 Å². The third-order valence-corrected chi connectivity index (χ3v) is 2.23. The average molecular weight is 140 g/mol. The van der Waals surface area contributed by atoms with Crippen LogP contribution in [0, 0.1) is 5.41 Å². The Balaban J connectivity index is 2.71. The molecule has 1 aliphatic rings. The fourth-order valence-electron chi connectivity index (χ4n) is 1.69. The number of rotatable bonds is 0. The predicted molar refractivity (Wildman–Crippen MR) is 42.8 cm³/mol. The normalized spacial score (nSPS) is 35.2. The molecule has 0 saturated heterocycles. The second kappa shape index (κ2) is 2.39. The molecule has 1 rings (SSSR count). The summed E-state index contributed by atoms with van der Waals surface area (Å²) in [5.41, 5.74) is 1.53. The molecule has 10 heavy (non-hydrogen) atoms. The van der Waals surface area contributed by atoms with Gasteiger partial charge in [0.25, 0.3) is 0 Å². The lowest BCUT2D eigenvalue weighted by molar-refractivity contribution is 0.190. The number of allylic oxidation sites excluding steroid dienone is 1. The van der Waals surface area contributed by atoms with E-state index in [9.17, 15) is 5.11 Å². The van der Waals surface area contributed by atoms with Crippen LogP contribution in [-0.4, -0.2) is 11.2 Å². The molecule has 1 unspecified atom stereocenters. The van der Waals surface area contributed by atoms with Crippen LogP contribution >= 0.6 is 0 Å². The zero-order chi connectivity index (χ0) is 7.78. The molecule has 0 aromatic heterocycles. The SMILES string of the molecule is C/C=C1/CC(C)(C)CC1O. The van der Waals surface area contributed by atoms with Crippen LogP contribution in [0.15, 0.2) is 11.6 Å². The van der Waals surface area contributed by atoms with Crippen LogP contribution in [0.25, 0.3) is 0 Å². The molecule has 0 aromatic carbocycles. The third-order valence-electron chi connectivity index (χ3n) is 2.23. The van der Waals surface area contributed by atoms with Gasteiger partial charge in [-0.05, 0) is 30.8 Å². The quantitative estimate of drug-likeness (QED) is 0.511. The van der Waals surface area contributed by atoms with Crippen molar-refractivity contribution < 1.29 is 5.11 Å². The lowest BCUT2D eigenvalue weighted by atomic mass is 9.91. The van der Waals surface area contributed by atoms with Crippen molar-refractivity contribution in [1.29, 1.82) is 0 Å². The summed E-state index contributed by atoms with van der Waals surface area (Å²) in [6, 6.07) is 0. The summed E-state index contributed by atoms with van der Waals surface area (Å²) < 4.78 is 0. The van der Waals surface area contributed by atoms with Crippen molar-refractivity contribution in [3.63, 3.8) is 0 Å². The second-order valence-corrected chi connectivity index (χ2v) is 3.92. The number of aliphatic hydroxyl groups excluding tert-OH is 1. The standard InChI is InChI=1S/C9H16O/c1-4-7-5-9(2,3)6-8(7)10/h4,8,10H,5-6H2,1-3H3/b7-4-. The molecule has 1 aliphatic carbocycles. The minimum Gasteiger partial charge on any atom is -0.389 e.